The first-order chi connectivity index (χ1) is 9.33. The van der Waals surface area contributed by atoms with Crippen molar-refractivity contribution in [2.24, 2.45) is 7.05 Å². The van der Waals surface area contributed by atoms with Gasteiger partial charge in [-0.25, -0.2) is 0 Å². The Bertz CT molecular complexity index is 657. The summed E-state index contributed by atoms with van der Waals surface area (Å²) in [7, 11) is 1.79. The van der Waals surface area contributed by atoms with Gasteiger partial charge in [-0.05, 0) is 13.8 Å². The number of rotatable bonds is 4. The molecule has 2 heterocycles. The Morgan fingerprint density at radius 1 is 1.50 bits per heavy atom. The van der Waals surface area contributed by atoms with Crippen molar-refractivity contribution in [2.75, 3.05) is 18.9 Å². The average Bonchev–Trinajstić information content (AvgIpc) is 2.89. The van der Waals surface area contributed by atoms with Gasteiger partial charge in [-0.3, -0.25) is 9.48 Å². The highest BCUT2D eigenvalue weighted by atomic mass is 32.1. The van der Waals surface area contributed by atoms with Crippen LogP contribution in [0.5, 0.6) is 0 Å². The minimum atomic E-state index is -1.08. The van der Waals surface area contributed by atoms with Crippen LogP contribution in [-0.4, -0.2) is 44.7 Å². The highest BCUT2D eigenvalue weighted by Gasteiger charge is 2.28. The number of nitrogen functional groups attached to an aromatic ring is 1. The Labute approximate surface area is 120 Å². The highest BCUT2D eigenvalue weighted by Crippen LogP contribution is 2.35. The number of thiophene rings is 1. The molecule has 20 heavy (non-hydrogen) atoms. The topological polar surface area (TPSA) is 113 Å². The van der Waals surface area contributed by atoms with Gasteiger partial charge in [0.25, 0.3) is 5.91 Å². The molecule has 0 aromatic carbocycles. The lowest BCUT2D eigenvalue weighted by Crippen LogP contribution is -2.51. The number of aliphatic hydroxyl groups is 2. The Morgan fingerprint density at radius 3 is 2.60 bits per heavy atom. The van der Waals surface area contributed by atoms with E-state index in [0.717, 1.165) is 15.9 Å². The van der Waals surface area contributed by atoms with Crippen molar-refractivity contribution < 1.29 is 15.0 Å². The van der Waals surface area contributed by atoms with Crippen LogP contribution in [0.1, 0.15) is 22.3 Å². The fraction of sp³-hybridized carbons (Fsp3) is 0.500. The van der Waals surface area contributed by atoms with E-state index < -0.39 is 11.4 Å². The van der Waals surface area contributed by atoms with Crippen molar-refractivity contribution >= 4 is 33.1 Å². The molecule has 0 aliphatic rings. The van der Waals surface area contributed by atoms with Crippen molar-refractivity contribution in [1.82, 2.24) is 15.1 Å². The molecule has 7 nitrogen and oxygen atoms in total. The van der Waals surface area contributed by atoms with Gasteiger partial charge in [0.05, 0.1) is 35.5 Å². The molecule has 2 aromatic rings. The summed E-state index contributed by atoms with van der Waals surface area (Å²) in [6, 6.07) is 0. The Morgan fingerprint density at radius 2 is 2.10 bits per heavy atom. The van der Waals surface area contributed by atoms with Crippen LogP contribution >= 0.6 is 11.3 Å². The molecule has 0 bridgehead atoms. The molecule has 0 saturated heterocycles. The quantitative estimate of drug-likeness (QED) is 0.634. The van der Waals surface area contributed by atoms with Gasteiger partial charge in [0, 0.05) is 7.05 Å². The number of nitrogens with two attached hydrogens (primary N) is 1. The second-order valence-electron chi connectivity index (χ2n) is 5.07. The number of nitrogens with zero attached hydrogens (tertiary/aromatic N) is 2. The van der Waals surface area contributed by atoms with E-state index in [2.05, 4.69) is 10.4 Å². The van der Waals surface area contributed by atoms with Gasteiger partial charge in [0.1, 0.15) is 9.71 Å². The lowest BCUT2D eigenvalue weighted by molar-refractivity contribution is 0.0728. The van der Waals surface area contributed by atoms with Crippen LogP contribution < -0.4 is 11.1 Å². The Balaban J connectivity index is 2.41. The van der Waals surface area contributed by atoms with Crippen LogP contribution in [-0.2, 0) is 7.05 Å². The van der Waals surface area contributed by atoms with Crippen LogP contribution in [0.15, 0.2) is 0 Å². The fourth-order valence-electron chi connectivity index (χ4n) is 1.96. The van der Waals surface area contributed by atoms with Crippen LogP contribution in [0.25, 0.3) is 10.2 Å². The molecule has 0 radical (unpaired) electrons. The zero-order valence-corrected chi connectivity index (χ0v) is 12.4. The summed E-state index contributed by atoms with van der Waals surface area (Å²) in [6.45, 7) is 2.67. The van der Waals surface area contributed by atoms with Crippen LogP contribution in [0.3, 0.4) is 0 Å². The lowest BCUT2D eigenvalue weighted by Gasteiger charge is -2.25. The van der Waals surface area contributed by atoms with Crippen molar-refractivity contribution in [3.05, 3.63) is 10.6 Å². The Kier molecular flexibility index (Phi) is 3.72. The van der Waals surface area contributed by atoms with E-state index in [0.29, 0.717) is 10.6 Å². The van der Waals surface area contributed by atoms with Crippen molar-refractivity contribution in [2.45, 2.75) is 19.4 Å². The molecule has 0 saturated carbocycles. The molecule has 1 amide bonds. The molecule has 8 heteroatoms. The summed E-state index contributed by atoms with van der Waals surface area (Å²) >= 11 is 1.24. The predicted octanol–water partition coefficient (Wildman–Crippen LogP) is -0.00148. The smallest absolute Gasteiger partial charge is 0.264 e. The van der Waals surface area contributed by atoms with E-state index in [4.69, 9.17) is 5.73 Å². The number of carbonyl (C=O) groups is 1. The van der Waals surface area contributed by atoms with Gasteiger partial charge in [0.15, 0.2) is 0 Å². The van der Waals surface area contributed by atoms with Crippen molar-refractivity contribution in [1.29, 1.82) is 0 Å². The summed E-state index contributed by atoms with van der Waals surface area (Å²) in [5.74, 6) is -0.409. The molecule has 0 aliphatic heterocycles. The first-order valence-electron chi connectivity index (χ1n) is 6.09. The van der Waals surface area contributed by atoms with E-state index in [9.17, 15) is 15.0 Å². The van der Waals surface area contributed by atoms with Crippen LogP contribution in [0, 0.1) is 6.92 Å². The summed E-state index contributed by atoms with van der Waals surface area (Å²) in [6.07, 6.45) is 0. The summed E-state index contributed by atoms with van der Waals surface area (Å²) < 4.78 is 1.68. The first-order valence-corrected chi connectivity index (χ1v) is 6.90. The maximum atomic E-state index is 12.3. The summed E-state index contributed by atoms with van der Waals surface area (Å²) in [5.41, 5.74) is 6.10. The number of fused-ring (bicyclic) bond motifs is 1. The van der Waals surface area contributed by atoms with Gasteiger partial charge < -0.3 is 21.3 Å². The normalized spacial score (nSPS) is 12.1. The molecule has 2 rings (SSSR count). The second-order valence-corrected chi connectivity index (χ2v) is 6.06. The Hall–Kier alpha value is -1.64. The maximum Gasteiger partial charge on any atom is 0.264 e. The number of anilines is 1. The molecule has 110 valence electrons. The predicted molar refractivity (Wildman–Crippen MR) is 77.8 cm³/mol. The van der Waals surface area contributed by atoms with Crippen LogP contribution in [0.2, 0.25) is 0 Å². The van der Waals surface area contributed by atoms with Crippen molar-refractivity contribution in [3.8, 4) is 0 Å². The molecule has 2 aromatic heterocycles. The molecule has 0 fully saturated rings. The van der Waals surface area contributed by atoms with Crippen LogP contribution in [0.4, 0.5) is 5.69 Å². The number of aliphatic hydroxyl groups excluding tert-OH is 2. The number of aromatic nitrogens is 2. The molecule has 0 aliphatic carbocycles. The number of nitrogens with one attached hydrogen (secondary N) is 1. The van der Waals surface area contributed by atoms with E-state index in [1.54, 1.807) is 18.7 Å². The molecule has 0 unspecified atom stereocenters. The number of hydrogen-bond acceptors (Lipinski definition) is 6. The van der Waals surface area contributed by atoms with Crippen molar-refractivity contribution in [3.63, 3.8) is 0 Å². The van der Waals surface area contributed by atoms with Gasteiger partial charge in [-0.1, -0.05) is 0 Å². The fourth-order valence-corrected chi connectivity index (χ4v) is 3.04. The molecular formula is C12H18N4O3S. The summed E-state index contributed by atoms with van der Waals surface area (Å²) in [4.78, 5) is 13.4. The van der Waals surface area contributed by atoms with Gasteiger partial charge in [0.2, 0.25) is 0 Å². The zero-order valence-electron chi connectivity index (χ0n) is 11.6. The minimum Gasteiger partial charge on any atom is -0.397 e. The number of hydrogen-bond donors (Lipinski definition) is 4. The number of aryl methyl sites for hydroxylation is 2. The molecular weight excluding hydrogens is 280 g/mol. The average molecular weight is 298 g/mol. The maximum absolute atomic E-state index is 12.3. The number of amides is 1. The zero-order chi connectivity index (χ0) is 15.1. The van der Waals surface area contributed by atoms with E-state index in [1.807, 2.05) is 6.92 Å². The SMILES string of the molecule is Cc1nn(C)c2sc(C(=O)NC(C)(CO)CO)c(N)c12. The molecule has 0 spiro atoms. The number of carbonyl (C=O) groups excluding carboxylic acids is 1. The van der Waals surface area contributed by atoms with Gasteiger partial charge >= 0.3 is 0 Å². The van der Waals surface area contributed by atoms with E-state index >= 15 is 0 Å². The lowest BCUT2D eigenvalue weighted by atomic mass is 10.1. The van der Waals surface area contributed by atoms with E-state index in [1.165, 1.54) is 11.3 Å². The monoisotopic (exact) mass is 298 g/mol. The van der Waals surface area contributed by atoms with Gasteiger partial charge in [-0.2, -0.15) is 5.10 Å². The molecule has 0 atom stereocenters. The largest absolute Gasteiger partial charge is 0.397 e. The minimum absolute atomic E-state index is 0.360. The third-order valence-corrected chi connectivity index (χ3v) is 4.47. The van der Waals surface area contributed by atoms with Gasteiger partial charge in [-0.15, -0.1) is 11.3 Å². The molecule has 5 N–H and O–H groups in total. The standard InChI is InChI=1S/C12H18N4O3S/c1-6-7-8(13)9(20-11(7)16(3)15-6)10(19)14-12(2,4-17)5-18/h17-18H,4-5,13H2,1-3H3,(H,14,19). The summed E-state index contributed by atoms with van der Waals surface area (Å²) in [5, 5.41) is 26.1. The first kappa shape index (κ1) is 14.8. The van der Waals surface area contributed by atoms with E-state index in [-0.39, 0.29) is 13.2 Å². The second kappa shape index (κ2) is 5.04. The third kappa shape index (κ3) is 2.26. The third-order valence-electron chi connectivity index (χ3n) is 3.20. The highest BCUT2D eigenvalue weighted by molar-refractivity contribution is 7.21.